The van der Waals surface area contributed by atoms with Crippen LogP contribution in [0.1, 0.15) is 25.7 Å². The van der Waals surface area contributed by atoms with Crippen molar-refractivity contribution >= 4 is 10.0 Å². The van der Waals surface area contributed by atoms with Crippen molar-refractivity contribution in [2.75, 3.05) is 32.9 Å². The average Bonchev–Trinajstić information content (AvgIpc) is 2.61. The van der Waals surface area contributed by atoms with Crippen LogP contribution >= 0.6 is 0 Å². The molecule has 0 bridgehead atoms. The minimum absolute atomic E-state index is 0.0972. The maximum absolute atomic E-state index is 14.1. The van der Waals surface area contributed by atoms with Gasteiger partial charge in [0.1, 0.15) is 0 Å². The van der Waals surface area contributed by atoms with Gasteiger partial charge in [-0.2, -0.15) is 52.7 Å². The van der Waals surface area contributed by atoms with Crippen molar-refractivity contribution in [2.45, 2.75) is 61.7 Å². The van der Waals surface area contributed by atoms with E-state index in [1.807, 2.05) is 0 Å². The summed E-state index contributed by atoms with van der Waals surface area (Å²) in [6, 6.07) is 0. The van der Waals surface area contributed by atoms with Gasteiger partial charge in [0.2, 0.25) is 10.0 Å². The maximum Gasteiger partial charge on any atom is 0.431 e. The van der Waals surface area contributed by atoms with Crippen LogP contribution in [0.3, 0.4) is 0 Å². The predicted molar refractivity (Wildman–Crippen MR) is 96.3 cm³/mol. The molecular formula is C16H21F14N2O3S-. The van der Waals surface area contributed by atoms with Gasteiger partial charge in [-0.25, -0.2) is 17.2 Å². The molecule has 5 nitrogen and oxygen atoms in total. The van der Waals surface area contributed by atoms with E-state index >= 15 is 0 Å². The van der Waals surface area contributed by atoms with Gasteiger partial charge < -0.3 is 10.1 Å². The van der Waals surface area contributed by atoms with E-state index in [9.17, 15) is 75.1 Å². The SMILES string of the molecule is CN(C)CCCN([O-])S(=O)(=O)CCC(CC(F)(C(F)(F)F)C(F)(F)F)CC(F)(C(F)(F)F)C(F)(F)F. The van der Waals surface area contributed by atoms with Crippen molar-refractivity contribution in [3.8, 4) is 0 Å². The van der Waals surface area contributed by atoms with Crippen molar-refractivity contribution in [1.29, 1.82) is 0 Å². The van der Waals surface area contributed by atoms with Crippen LogP contribution in [-0.2, 0) is 10.0 Å². The number of rotatable bonds is 12. The molecule has 218 valence electrons. The molecule has 0 aliphatic carbocycles. The van der Waals surface area contributed by atoms with E-state index in [-0.39, 0.29) is 13.0 Å². The van der Waals surface area contributed by atoms with E-state index in [0.717, 1.165) is 0 Å². The standard InChI is InChI=1S/C16H21F14N2O3S/c1-31(2)5-3-6-32(33)36(34,35)7-4-10(8-11(17,13(19,20)21)14(22,23)24)9-12(18,15(25,26)27)16(28,29)30/h10H,3-9H2,1-2H3/q-1. The molecular weight excluding hydrogens is 566 g/mol. The molecule has 0 aromatic rings. The van der Waals surface area contributed by atoms with Crippen LogP contribution in [0.4, 0.5) is 61.5 Å². The third-order valence-electron chi connectivity index (χ3n) is 4.98. The number of nitrogens with zero attached hydrogens (tertiary/aromatic N) is 2. The number of alkyl halides is 14. The monoisotopic (exact) mass is 587 g/mol. The summed E-state index contributed by atoms with van der Waals surface area (Å²) in [6.07, 6.45) is -36.3. The van der Waals surface area contributed by atoms with Gasteiger partial charge in [0.15, 0.2) is 0 Å². The van der Waals surface area contributed by atoms with E-state index in [2.05, 4.69) is 0 Å². The molecule has 0 atom stereocenters. The van der Waals surface area contributed by atoms with E-state index < -0.39 is 88.0 Å². The summed E-state index contributed by atoms with van der Waals surface area (Å²) in [5.74, 6) is -5.34. The van der Waals surface area contributed by atoms with Crippen molar-refractivity contribution < 1.29 is 69.9 Å². The van der Waals surface area contributed by atoms with Gasteiger partial charge in [0.25, 0.3) is 11.3 Å². The largest absolute Gasteiger partial charge is 0.772 e. The van der Waals surface area contributed by atoms with Crippen molar-refractivity contribution in [2.24, 2.45) is 5.92 Å². The Morgan fingerprint density at radius 2 is 1.00 bits per heavy atom. The van der Waals surface area contributed by atoms with Crippen LogP contribution in [0.15, 0.2) is 0 Å². The second-order valence-corrected chi connectivity index (χ2v) is 10.1. The Labute approximate surface area is 196 Å². The van der Waals surface area contributed by atoms with Gasteiger partial charge in [0.05, 0.1) is 5.75 Å². The fraction of sp³-hybridized carbons (Fsp3) is 1.00. The van der Waals surface area contributed by atoms with Crippen LogP contribution in [0.5, 0.6) is 0 Å². The minimum Gasteiger partial charge on any atom is -0.772 e. The first-order valence-electron chi connectivity index (χ1n) is 9.59. The molecule has 0 aliphatic heterocycles. The topological polar surface area (TPSA) is 63.7 Å². The van der Waals surface area contributed by atoms with Gasteiger partial charge in [-0.05, 0) is 39.4 Å². The van der Waals surface area contributed by atoms with Crippen LogP contribution in [0, 0.1) is 11.1 Å². The van der Waals surface area contributed by atoms with Gasteiger partial charge in [-0.15, -0.1) is 0 Å². The summed E-state index contributed by atoms with van der Waals surface area (Å²) in [6.45, 7) is -0.749. The van der Waals surface area contributed by atoms with Gasteiger partial charge in [-0.3, -0.25) is 4.47 Å². The van der Waals surface area contributed by atoms with Crippen LogP contribution in [-0.4, -0.2) is 86.8 Å². The molecule has 0 aliphatic rings. The highest BCUT2D eigenvalue weighted by Crippen LogP contribution is 2.54. The van der Waals surface area contributed by atoms with Crippen LogP contribution in [0.2, 0.25) is 0 Å². The third-order valence-corrected chi connectivity index (χ3v) is 6.53. The van der Waals surface area contributed by atoms with Crippen LogP contribution in [0.25, 0.3) is 0 Å². The third kappa shape index (κ3) is 8.44. The summed E-state index contributed by atoms with van der Waals surface area (Å²) >= 11 is 0. The molecule has 0 aromatic heterocycles. The highest BCUT2D eigenvalue weighted by Gasteiger charge is 2.75. The van der Waals surface area contributed by atoms with Crippen molar-refractivity contribution in [3.63, 3.8) is 0 Å². The molecule has 0 amide bonds. The molecule has 36 heavy (non-hydrogen) atoms. The van der Waals surface area contributed by atoms with E-state index in [1.165, 1.54) is 19.0 Å². The molecule has 0 N–H and O–H groups in total. The second kappa shape index (κ2) is 11.3. The Bertz CT molecular complexity index is 737. The molecule has 0 unspecified atom stereocenters. The van der Waals surface area contributed by atoms with Crippen molar-refractivity contribution in [1.82, 2.24) is 9.37 Å². The average molecular weight is 587 g/mol. The summed E-state index contributed by atoms with van der Waals surface area (Å²) in [7, 11) is -2.24. The zero-order valence-corrected chi connectivity index (χ0v) is 19.2. The summed E-state index contributed by atoms with van der Waals surface area (Å²) in [5.41, 5.74) is -12.8. The molecule has 0 rings (SSSR count). The minimum atomic E-state index is -6.94. The Kier molecular flexibility index (Phi) is 10.9. The lowest BCUT2D eigenvalue weighted by atomic mass is 9.81. The van der Waals surface area contributed by atoms with Crippen molar-refractivity contribution in [3.05, 3.63) is 5.21 Å². The predicted octanol–water partition coefficient (Wildman–Crippen LogP) is 5.52. The molecule has 0 aromatic carbocycles. The molecule has 0 spiro atoms. The van der Waals surface area contributed by atoms with E-state index in [4.69, 9.17) is 0 Å². The molecule has 0 saturated carbocycles. The quantitative estimate of drug-likeness (QED) is 0.223. The van der Waals surface area contributed by atoms with Crippen LogP contribution < -0.4 is 0 Å². The summed E-state index contributed by atoms with van der Waals surface area (Å²) in [4.78, 5) is 1.46. The Balaban J connectivity index is 6.27. The molecule has 0 saturated heterocycles. The van der Waals surface area contributed by atoms with Gasteiger partial charge >= 0.3 is 24.7 Å². The highest BCUT2D eigenvalue weighted by atomic mass is 32.2. The lowest BCUT2D eigenvalue weighted by molar-refractivity contribution is -0.356. The number of hydrogen-bond donors (Lipinski definition) is 0. The summed E-state index contributed by atoms with van der Waals surface area (Å²) < 4.78 is 206. The highest BCUT2D eigenvalue weighted by molar-refractivity contribution is 7.89. The number of hydroxylamine groups is 1. The van der Waals surface area contributed by atoms with E-state index in [0.29, 0.717) is 0 Å². The zero-order chi connectivity index (χ0) is 29.2. The smallest absolute Gasteiger partial charge is 0.431 e. The number of hydrogen-bond acceptors (Lipinski definition) is 4. The Hall–Kier alpha value is -1.15. The number of sulfonamides is 1. The van der Waals surface area contributed by atoms with Gasteiger partial charge in [0, 0.05) is 19.4 Å². The first kappa shape index (κ1) is 34.9. The Morgan fingerprint density at radius 1 is 0.667 bits per heavy atom. The van der Waals surface area contributed by atoms with Gasteiger partial charge in [-0.1, -0.05) is 0 Å². The molecule has 20 heteroatoms. The summed E-state index contributed by atoms with van der Waals surface area (Å²) in [5, 5.41) is 11.7. The normalized spacial score (nSPS) is 15.4. The first-order chi connectivity index (χ1) is 15.6. The lowest BCUT2D eigenvalue weighted by Crippen LogP contribution is -2.57. The Morgan fingerprint density at radius 3 is 1.28 bits per heavy atom. The van der Waals surface area contributed by atoms with E-state index in [1.54, 1.807) is 0 Å². The lowest BCUT2D eigenvalue weighted by Gasteiger charge is -2.37. The molecule has 0 radical (unpaired) electrons. The molecule has 0 heterocycles. The fourth-order valence-electron chi connectivity index (χ4n) is 2.93. The second-order valence-electron chi connectivity index (χ2n) is 8.16. The zero-order valence-electron chi connectivity index (χ0n) is 18.3. The fourth-order valence-corrected chi connectivity index (χ4v) is 4.17. The molecule has 0 fully saturated rings. The maximum atomic E-state index is 14.1. The number of halogens is 14. The first-order valence-corrected chi connectivity index (χ1v) is 11.2.